The summed E-state index contributed by atoms with van der Waals surface area (Å²) in [5, 5.41) is 9.39. The Morgan fingerprint density at radius 2 is 1.89 bits per heavy atom. The fourth-order valence-electron chi connectivity index (χ4n) is 2.77. The number of hydrogen-bond donors (Lipinski definition) is 1. The van der Waals surface area contributed by atoms with Crippen molar-refractivity contribution in [3.05, 3.63) is 0 Å². The predicted octanol–water partition coefficient (Wildman–Crippen LogP) is 2.09. The van der Waals surface area contributed by atoms with Crippen LogP contribution in [0.5, 0.6) is 0 Å². The van der Waals surface area contributed by atoms with Crippen LogP contribution in [0, 0.1) is 16.7 Å². The summed E-state index contributed by atoms with van der Waals surface area (Å²) in [5.41, 5.74) is -1.47. The topological polar surface area (TPSA) is 72.8 Å². The summed E-state index contributed by atoms with van der Waals surface area (Å²) in [4.78, 5) is 23.5. The van der Waals surface area contributed by atoms with E-state index in [2.05, 4.69) is 0 Å². The second-order valence-electron chi connectivity index (χ2n) is 5.96. The fraction of sp³-hybridized carbons (Fsp3) is 0.857. The Kier molecular flexibility index (Phi) is 4.96. The van der Waals surface area contributed by atoms with Crippen molar-refractivity contribution in [2.45, 2.75) is 40.0 Å². The van der Waals surface area contributed by atoms with Crippen molar-refractivity contribution in [2.24, 2.45) is 16.7 Å². The third kappa shape index (κ3) is 2.91. The van der Waals surface area contributed by atoms with E-state index in [1.54, 1.807) is 14.0 Å². The van der Waals surface area contributed by atoms with Gasteiger partial charge in [0, 0.05) is 20.1 Å². The molecule has 0 aromatic rings. The summed E-state index contributed by atoms with van der Waals surface area (Å²) in [6.07, 6.45) is 1.73. The molecular formula is C14H24O5. The molecule has 0 bridgehead atoms. The number of esters is 1. The van der Waals surface area contributed by atoms with Gasteiger partial charge in [-0.3, -0.25) is 9.59 Å². The maximum absolute atomic E-state index is 12.1. The monoisotopic (exact) mass is 272 g/mol. The quantitative estimate of drug-likeness (QED) is 0.592. The van der Waals surface area contributed by atoms with Gasteiger partial charge in [-0.1, -0.05) is 13.8 Å². The molecular weight excluding hydrogens is 248 g/mol. The lowest BCUT2D eigenvalue weighted by molar-refractivity contribution is -0.160. The summed E-state index contributed by atoms with van der Waals surface area (Å²) >= 11 is 0. The maximum Gasteiger partial charge on any atom is 0.309 e. The Bertz CT molecular complexity index is 350. The van der Waals surface area contributed by atoms with Gasteiger partial charge in [-0.05, 0) is 25.2 Å². The van der Waals surface area contributed by atoms with Crippen molar-refractivity contribution in [2.75, 3.05) is 20.3 Å². The number of carbonyl (C=O) groups is 2. The third-order valence-corrected chi connectivity index (χ3v) is 4.72. The molecule has 19 heavy (non-hydrogen) atoms. The van der Waals surface area contributed by atoms with Gasteiger partial charge in [0.05, 0.1) is 17.9 Å². The molecule has 5 nitrogen and oxygen atoms in total. The van der Waals surface area contributed by atoms with Crippen molar-refractivity contribution in [3.8, 4) is 0 Å². The van der Waals surface area contributed by atoms with Crippen molar-refractivity contribution in [3.63, 3.8) is 0 Å². The highest BCUT2D eigenvalue weighted by molar-refractivity contribution is 5.80. The number of aliphatic carboxylic acids is 1. The Balaban J connectivity index is 2.65. The Morgan fingerprint density at radius 3 is 2.37 bits per heavy atom. The van der Waals surface area contributed by atoms with Crippen LogP contribution in [-0.4, -0.2) is 37.4 Å². The highest BCUT2D eigenvalue weighted by atomic mass is 16.5. The summed E-state index contributed by atoms with van der Waals surface area (Å²) in [6, 6.07) is 0. The van der Waals surface area contributed by atoms with Gasteiger partial charge in [0.1, 0.15) is 0 Å². The molecule has 1 fully saturated rings. The van der Waals surface area contributed by atoms with Crippen molar-refractivity contribution < 1.29 is 24.2 Å². The number of hydrogen-bond acceptors (Lipinski definition) is 4. The Labute approximate surface area is 114 Å². The minimum atomic E-state index is -0.872. The molecule has 0 saturated heterocycles. The smallest absolute Gasteiger partial charge is 0.309 e. The van der Waals surface area contributed by atoms with E-state index < -0.39 is 16.8 Å². The van der Waals surface area contributed by atoms with E-state index in [1.807, 2.05) is 13.8 Å². The summed E-state index contributed by atoms with van der Waals surface area (Å²) < 4.78 is 10.1. The standard InChI is InChI=1S/C14H24O5/c1-13(2)10(6-7-14(13,3)12(16)17)11(15)19-9-5-8-18-4/h10H,5-9H2,1-4H3,(H,16,17)/t10-,14+/m1/s1. The zero-order valence-electron chi connectivity index (χ0n) is 12.2. The summed E-state index contributed by atoms with van der Waals surface area (Å²) in [5.74, 6) is -1.48. The molecule has 0 amide bonds. The molecule has 0 aromatic carbocycles. The van der Waals surface area contributed by atoms with Crippen LogP contribution < -0.4 is 0 Å². The lowest BCUT2D eigenvalue weighted by Crippen LogP contribution is -2.43. The van der Waals surface area contributed by atoms with Gasteiger partial charge in [-0.25, -0.2) is 0 Å². The molecule has 0 unspecified atom stereocenters. The SMILES string of the molecule is COCCCOC(=O)[C@H]1CC[C@@](C)(C(=O)O)C1(C)C. The minimum Gasteiger partial charge on any atom is -0.481 e. The van der Waals surface area contributed by atoms with Crippen molar-refractivity contribution in [1.29, 1.82) is 0 Å². The van der Waals surface area contributed by atoms with Crippen LogP contribution in [0.25, 0.3) is 0 Å². The lowest BCUT2D eigenvalue weighted by atomic mass is 9.66. The molecule has 0 aromatic heterocycles. The van der Waals surface area contributed by atoms with Crippen LogP contribution in [0.2, 0.25) is 0 Å². The average Bonchev–Trinajstić information content (AvgIpc) is 2.57. The van der Waals surface area contributed by atoms with Crippen LogP contribution >= 0.6 is 0 Å². The molecule has 1 N–H and O–H groups in total. The molecule has 0 heterocycles. The third-order valence-electron chi connectivity index (χ3n) is 4.72. The molecule has 0 spiro atoms. The molecule has 110 valence electrons. The van der Waals surface area contributed by atoms with Crippen LogP contribution in [0.1, 0.15) is 40.0 Å². The average molecular weight is 272 g/mol. The van der Waals surface area contributed by atoms with Gasteiger partial charge < -0.3 is 14.6 Å². The van der Waals surface area contributed by atoms with Crippen LogP contribution in [0.4, 0.5) is 0 Å². The first-order valence-corrected chi connectivity index (χ1v) is 6.66. The molecule has 1 saturated carbocycles. The van der Waals surface area contributed by atoms with Crippen LogP contribution in [0.3, 0.4) is 0 Å². The number of carboxylic acid groups (broad SMARTS) is 1. The van der Waals surface area contributed by atoms with Gasteiger partial charge in [-0.2, -0.15) is 0 Å². The van der Waals surface area contributed by atoms with E-state index in [1.165, 1.54) is 0 Å². The minimum absolute atomic E-state index is 0.286. The van der Waals surface area contributed by atoms with E-state index in [0.717, 1.165) is 0 Å². The lowest BCUT2D eigenvalue weighted by Gasteiger charge is -2.37. The normalized spacial score (nSPS) is 29.2. The van der Waals surface area contributed by atoms with E-state index in [9.17, 15) is 14.7 Å². The number of carboxylic acids is 1. The van der Waals surface area contributed by atoms with Crippen molar-refractivity contribution >= 4 is 11.9 Å². The molecule has 1 aliphatic rings. The van der Waals surface area contributed by atoms with E-state index in [0.29, 0.717) is 32.5 Å². The van der Waals surface area contributed by atoms with Crippen LogP contribution in [-0.2, 0) is 19.1 Å². The van der Waals surface area contributed by atoms with Gasteiger partial charge in [0.25, 0.3) is 0 Å². The molecule has 5 heteroatoms. The fourth-order valence-corrected chi connectivity index (χ4v) is 2.77. The highest BCUT2D eigenvalue weighted by Crippen LogP contribution is 2.56. The largest absolute Gasteiger partial charge is 0.481 e. The van der Waals surface area contributed by atoms with E-state index in [4.69, 9.17) is 9.47 Å². The second-order valence-corrected chi connectivity index (χ2v) is 5.96. The van der Waals surface area contributed by atoms with Crippen molar-refractivity contribution in [1.82, 2.24) is 0 Å². The van der Waals surface area contributed by atoms with Crippen LogP contribution in [0.15, 0.2) is 0 Å². The summed E-state index contributed by atoms with van der Waals surface area (Å²) in [7, 11) is 1.60. The molecule has 1 aliphatic carbocycles. The zero-order valence-corrected chi connectivity index (χ0v) is 12.2. The first kappa shape index (κ1) is 16.0. The number of ether oxygens (including phenoxy) is 2. The number of carbonyl (C=O) groups excluding carboxylic acids is 1. The number of methoxy groups -OCH3 is 1. The molecule has 0 aliphatic heterocycles. The molecule has 2 atom stereocenters. The zero-order chi connectivity index (χ0) is 14.7. The van der Waals surface area contributed by atoms with E-state index >= 15 is 0 Å². The van der Waals surface area contributed by atoms with E-state index in [-0.39, 0.29) is 11.9 Å². The highest BCUT2D eigenvalue weighted by Gasteiger charge is 2.58. The van der Waals surface area contributed by atoms with Gasteiger partial charge in [0.15, 0.2) is 0 Å². The Hall–Kier alpha value is -1.10. The van der Waals surface area contributed by atoms with Gasteiger partial charge in [-0.15, -0.1) is 0 Å². The first-order chi connectivity index (χ1) is 8.77. The predicted molar refractivity (Wildman–Crippen MR) is 69.7 cm³/mol. The van der Waals surface area contributed by atoms with Gasteiger partial charge >= 0.3 is 11.9 Å². The molecule has 0 radical (unpaired) electrons. The Morgan fingerprint density at radius 1 is 1.26 bits per heavy atom. The first-order valence-electron chi connectivity index (χ1n) is 6.66. The number of rotatable bonds is 6. The summed E-state index contributed by atoms with van der Waals surface area (Å²) in [6.45, 7) is 6.27. The van der Waals surface area contributed by atoms with Gasteiger partial charge in [0.2, 0.25) is 0 Å². The molecule has 1 rings (SSSR count). The second kappa shape index (κ2) is 5.90. The maximum atomic E-state index is 12.1.